The maximum atomic E-state index is 13.0. The Morgan fingerprint density at radius 2 is 1.87 bits per heavy atom. The molecule has 0 atom stereocenters. The minimum absolute atomic E-state index is 0.592. The summed E-state index contributed by atoms with van der Waals surface area (Å²) >= 11 is 3.32. The molecular formula is C11H6BrF2N. The first kappa shape index (κ1) is 10.2. The van der Waals surface area contributed by atoms with Crippen molar-refractivity contribution in [1.82, 2.24) is 4.98 Å². The Morgan fingerprint density at radius 1 is 1.07 bits per heavy atom. The zero-order valence-corrected chi connectivity index (χ0v) is 9.13. The minimum Gasteiger partial charge on any atom is -0.264 e. The molecule has 0 N–H and O–H groups in total. The van der Waals surface area contributed by atoms with Crippen LogP contribution in [0.15, 0.2) is 41.1 Å². The normalized spacial score (nSPS) is 10.3. The highest BCUT2D eigenvalue weighted by Crippen LogP contribution is 2.27. The van der Waals surface area contributed by atoms with Crippen LogP contribution in [0.25, 0.3) is 11.1 Å². The lowest BCUT2D eigenvalue weighted by Gasteiger charge is -2.03. The van der Waals surface area contributed by atoms with E-state index in [9.17, 15) is 8.78 Å². The van der Waals surface area contributed by atoms with Crippen molar-refractivity contribution in [3.63, 3.8) is 0 Å². The highest BCUT2D eigenvalue weighted by Gasteiger charge is 2.06. The van der Waals surface area contributed by atoms with E-state index in [1.807, 2.05) is 0 Å². The fourth-order valence-electron chi connectivity index (χ4n) is 1.25. The summed E-state index contributed by atoms with van der Waals surface area (Å²) in [5.41, 5.74) is 1.32. The van der Waals surface area contributed by atoms with Crippen molar-refractivity contribution in [2.75, 3.05) is 0 Å². The number of hydrogen-bond acceptors (Lipinski definition) is 1. The molecule has 76 valence electrons. The van der Waals surface area contributed by atoms with Gasteiger partial charge in [0.15, 0.2) is 11.6 Å². The number of aromatic nitrogens is 1. The molecule has 1 aromatic carbocycles. The van der Waals surface area contributed by atoms with Crippen molar-refractivity contribution in [3.8, 4) is 11.1 Å². The SMILES string of the molecule is Fc1ccc(-c2cnccc2Br)cc1F. The van der Waals surface area contributed by atoms with E-state index in [0.717, 1.165) is 22.2 Å². The Bertz CT molecular complexity index is 500. The average Bonchev–Trinajstić information content (AvgIpc) is 2.23. The monoisotopic (exact) mass is 269 g/mol. The van der Waals surface area contributed by atoms with Crippen LogP contribution in [-0.2, 0) is 0 Å². The van der Waals surface area contributed by atoms with Crippen molar-refractivity contribution in [2.45, 2.75) is 0 Å². The van der Waals surface area contributed by atoms with Gasteiger partial charge in [0.05, 0.1) is 0 Å². The van der Waals surface area contributed by atoms with Crippen molar-refractivity contribution in [1.29, 1.82) is 0 Å². The first-order valence-corrected chi connectivity index (χ1v) is 5.03. The van der Waals surface area contributed by atoms with Gasteiger partial charge in [0.25, 0.3) is 0 Å². The van der Waals surface area contributed by atoms with Crippen molar-refractivity contribution in [3.05, 3.63) is 52.8 Å². The molecule has 1 nitrogen and oxygen atoms in total. The van der Waals surface area contributed by atoms with Crippen LogP contribution in [-0.4, -0.2) is 4.98 Å². The molecule has 1 heterocycles. The summed E-state index contributed by atoms with van der Waals surface area (Å²) in [4.78, 5) is 3.93. The molecule has 0 aliphatic heterocycles. The van der Waals surface area contributed by atoms with Crippen LogP contribution in [0, 0.1) is 11.6 Å². The Balaban J connectivity index is 2.55. The smallest absolute Gasteiger partial charge is 0.159 e. The van der Waals surface area contributed by atoms with E-state index < -0.39 is 11.6 Å². The highest BCUT2D eigenvalue weighted by molar-refractivity contribution is 9.10. The summed E-state index contributed by atoms with van der Waals surface area (Å²) in [5.74, 6) is -1.71. The zero-order valence-electron chi connectivity index (χ0n) is 7.55. The Labute approximate surface area is 93.9 Å². The summed E-state index contributed by atoms with van der Waals surface area (Å²) in [7, 11) is 0. The van der Waals surface area contributed by atoms with Gasteiger partial charge in [-0.15, -0.1) is 0 Å². The summed E-state index contributed by atoms with van der Waals surface area (Å²) < 4.78 is 26.5. The van der Waals surface area contributed by atoms with Crippen LogP contribution in [0.4, 0.5) is 8.78 Å². The third kappa shape index (κ3) is 2.04. The average molecular weight is 270 g/mol. The quantitative estimate of drug-likeness (QED) is 0.768. The van der Waals surface area contributed by atoms with Crippen LogP contribution in [0.2, 0.25) is 0 Å². The lowest BCUT2D eigenvalue weighted by Crippen LogP contribution is -1.86. The molecular weight excluding hydrogens is 264 g/mol. The Morgan fingerprint density at radius 3 is 2.53 bits per heavy atom. The van der Waals surface area contributed by atoms with Crippen LogP contribution in [0.1, 0.15) is 0 Å². The van der Waals surface area contributed by atoms with E-state index in [1.54, 1.807) is 18.5 Å². The lowest BCUT2D eigenvalue weighted by molar-refractivity contribution is 0.509. The topological polar surface area (TPSA) is 12.9 Å². The van der Waals surface area contributed by atoms with Gasteiger partial charge in [-0.05, 0) is 23.8 Å². The second-order valence-electron chi connectivity index (χ2n) is 2.98. The maximum absolute atomic E-state index is 13.0. The predicted octanol–water partition coefficient (Wildman–Crippen LogP) is 3.79. The molecule has 1 aromatic heterocycles. The molecule has 15 heavy (non-hydrogen) atoms. The van der Waals surface area contributed by atoms with Gasteiger partial charge in [-0.3, -0.25) is 4.98 Å². The van der Waals surface area contributed by atoms with Gasteiger partial charge < -0.3 is 0 Å². The number of halogens is 3. The van der Waals surface area contributed by atoms with E-state index in [4.69, 9.17) is 0 Å². The molecule has 0 aliphatic rings. The molecule has 0 amide bonds. The first-order valence-electron chi connectivity index (χ1n) is 4.23. The van der Waals surface area contributed by atoms with Gasteiger partial charge >= 0.3 is 0 Å². The van der Waals surface area contributed by atoms with Crippen molar-refractivity contribution < 1.29 is 8.78 Å². The fraction of sp³-hybridized carbons (Fsp3) is 0. The first-order chi connectivity index (χ1) is 7.18. The second kappa shape index (κ2) is 4.06. The molecule has 0 saturated heterocycles. The molecule has 4 heteroatoms. The van der Waals surface area contributed by atoms with E-state index in [-0.39, 0.29) is 0 Å². The van der Waals surface area contributed by atoms with E-state index >= 15 is 0 Å². The number of pyridine rings is 1. The Hall–Kier alpha value is -1.29. The molecule has 0 unspecified atom stereocenters. The number of benzene rings is 1. The van der Waals surface area contributed by atoms with Gasteiger partial charge in [0, 0.05) is 22.4 Å². The van der Waals surface area contributed by atoms with Gasteiger partial charge in [-0.25, -0.2) is 8.78 Å². The molecule has 2 aromatic rings. The summed E-state index contributed by atoms with van der Waals surface area (Å²) in [6.07, 6.45) is 3.21. The second-order valence-corrected chi connectivity index (χ2v) is 3.84. The van der Waals surface area contributed by atoms with Crippen LogP contribution >= 0.6 is 15.9 Å². The van der Waals surface area contributed by atoms with Gasteiger partial charge in [0.1, 0.15) is 0 Å². The summed E-state index contributed by atoms with van der Waals surface area (Å²) in [5, 5.41) is 0. The molecule has 0 spiro atoms. The fourth-order valence-corrected chi connectivity index (χ4v) is 1.70. The third-order valence-electron chi connectivity index (χ3n) is 2.00. The standard InChI is InChI=1S/C11H6BrF2N/c12-9-3-4-15-6-8(9)7-1-2-10(13)11(14)5-7/h1-6H. The highest BCUT2D eigenvalue weighted by atomic mass is 79.9. The van der Waals surface area contributed by atoms with Gasteiger partial charge in [0.2, 0.25) is 0 Å². The van der Waals surface area contributed by atoms with Crippen molar-refractivity contribution >= 4 is 15.9 Å². The largest absolute Gasteiger partial charge is 0.264 e. The molecule has 0 saturated carbocycles. The molecule has 0 bridgehead atoms. The minimum atomic E-state index is -0.858. The van der Waals surface area contributed by atoms with Crippen LogP contribution in [0.3, 0.4) is 0 Å². The van der Waals surface area contributed by atoms with E-state index in [2.05, 4.69) is 20.9 Å². The summed E-state index contributed by atoms with van der Waals surface area (Å²) in [6.45, 7) is 0. The molecule has 0 radical (unpaired) electrons. The van der Waals surface area contributed by atoms with Crippen LogP contribution in [0.5, 0.6) is 0 Å². The van der Waals surface area contributed by atoms with Crippen LogP contribution < -0.4 is 0 Å². The lowest BCUT2D eigenvalue weighted by atomic mass is 10.1. The number of hydrogen-bond donors (Lipinski definition) is 0. The molecule has 0 fully saturated rings. The predicted molar refractivity (Wildman–Crippen MR) is 57.3 cm³/mol. The molecule has 0 aliphatic carbocycles. The van der Waals surface area contributed by atoms with Crippen molar-refractivity contribution in [2.24, 2.45) is 0 Å². The third-order valence-corrected chi connectivity index (χ3v) is 2.69. The van der Waals surface area contributed by atoms with Gasteiger partial charge in [-0.1, -0.05) is 22.0 Å². The number of nitrogens with zero attached hydrogens (tertiary/aromatic N) is 1. The Kier molecular flexibility index (Phi) is 2.77. The van der Waals surface area contributed by atoms with E-state index in [1.165, 1.54) is 6.07 Å². The maximum Gasteiger partial charge on any atom is 0.159 e. The zero-order chi connectivity index (χ0) is 10.8. The molecule has 2 rings (SSSR count). The number of rotatable bonds is 1. The summed E-state index contributed by atoms with van der Waals surface area (Å²) in [6, 6.07) is 5.51. The van der Waals surface area contributed by atoms with Gasteiger partial charge in [-0.2, -0.15) is 0 Å². The van der Waals surface area contributed by atoms with E-state index in [0.29, 0.717) is 5.56 Å².